The van der Waals surface area contributed by atoms with E-state index in [1.807, 2.05) is 25.1 Å². The molecular formula is C21H19ClN2O3. The Morgan fingerprint density at radius 2 is 1.93 bits per heavy atom. The van der Waals surface area contributed by atoms with Gasteiger partial charge in [-0.15, -0.1) is 0 Å². The maximum atomic E-state index is 11.4. The molecule has 0 aliphatic rings. The second-order valence-corrected chi connectivity index (χ2v) is 6.47. The summed E-state index contributed by atoms with van der Waals surface area (Å²) in [6, 6.07) is 12.8. The van der Waals surface area contributed by atoms with Crippen molar-refractivity contribution in [3.63, 3.8) is 0 Å². The lowest BCUT2D eigenvalue weighted by Gasteiger charge is -2.11. The highest BCUT2D eigenvalue weighted by Gasteiger charge is 2.08. The van der Waals surface area contributed by atoms with Gasteiger partial charge in [-0.25, -0.2) is 0 Å². The van der Waals surface area contributed by atoms with Crippen molar-refractivity contribution in [2.45, 2.75) is 13.5 Å². The third-order valence-corrected chi connectivity index (χ3v) is 4.45. The number of carbonyl (C=O) groups is 1. The third-order valence-electron chi connectivity index (χ3n) is 4.15. The van der Waals surface area contributed by atoms with E-state index in [4.69, 9.17) is 26.8 Å². The average molecular weight is 383 g/mol. The van der Waals surface area contributed by atoms with Crippen LogP contribution in [-0.4, -0.2) is 18.0 Å². The zero-order chi connectivity index (χ0) is 19.4. The summed E-state index contributed by atoms with van der Waals surface area (Å²) >= 11 is 6.20. The molecule has 138 valence electrons. The number of rotatable bonds is 6. The van der Waals surface area contributed by atoms with Crippen LogP contribution in [0.2, 0.25) is 5.02 Å². The second-order valence-electron chi connectivity index (χ2n) is 6.06. The Morgan fingerprint density at radius 3 is 2.59 bits per heavy atom. The molecule has 0 radical (unpaired) electrons. The van der Waals surface area contributed by atoms with Gasteiger partial charge in [0.25, 0.3) is 0 Å². The van der Waals surface area contributed by atoms with E-state index in [0.717, 1.165) is 22.3 Å². The van der Waals surface area contributed by atoms with Crippen molar-refractivity contribution in [1.29, 1.82) is 0 Å². The number of benzene rings is 2. The number of hydrogen-bond acceptors (Lipinski definition) is 4. The van der Waals surface area contributed by atoms with Crippen LogP contribution in [0, 0.1) is 6.92 Å². The summed E-state index contributed by atoms with van der Waals surface area (Å²) in [6.07, 6.45) is 3.51. The molecule has 0 saturated carbocycles. The number of nitrogens with two attached hydrogens (primary N) is 1. The summed E-state index contributed by atoms with van der Waals surface area (Å²) in [5.74, 6) is 0.811. The fourth-order valence-corrected chi connectivity index (χ4v) is 2.96. The number of nitrogens with zero attached hydrogens (tertiary/aromatic N) is 1. The van der Waals surface area contributed by atoms with Gasteiger partial charge in [0, 0.05) is 35.2 Å². The predicted octanol–water partition coefficient (Wildman–Crippen LogP) is 4.40. The first kappa shape index (κ1) is 18.7. The first-order valence-corrected chi connectivity index (χ1v) is 8.67. The third kappa shape index (κ3) is 4.38. The van der Waals surface area contributed by atoms with Gasteiger partial charge in [-0.05, 0) is 42.3 Å². The molecular weight excluding hydrogens is 364 g/mol. The molecule has 0 bridgehead atoms. The molecule has 3 aromatic rings. The summed E-state index contributed by atoms with van der Waals surface area (Å²) in [5.41, 5.74) is 9.49. The Labute approximate surface area is 162 Å². The molecule has 6 heteroatoms. The fraction of sp³-hybridized carbons (Fsp3) is 0.143. The van der Waals surface area contributed by atoms with Crippen LogP contribution in [0.1, 0.15) is 21.5 Å². The van der Waals surface area contributed by atoms with Crippen LogP contribution in [-0.2, 0) is 6.61 Å². The summed E-state index contributed by atoms with van der Waals surface area (Å²) < 4.78 is 10.9. The summed E-state index contributed by atoms with van der Waals surface area (Å²) in [4.78, 5) is 15.7. The number of halogens is 1. The van der Waals surface area contributed by atoms with Gasteiger partial charge >= 0.3 is 0 Å². The SMILES string of the molecule is COc1ccc(OCc2cncc(-c3ccc(C(N)=O)c(C)c3)c2)c(Cl)c1. The largest absolute Gasteiger partial charge is 0.497 e. The van der Waals surface area contributed by atoms with E-state index in [-0.39, 0.29) is 0 Å². The molecule has 0 atom stereocenters. The highest BCUT2D eigenvalue weighted by molar-refractivity contribution is 6.32. The standard InChI is InChI=1S/C21H19ClN2O3/c1-13-7-15(3-5-18(13)21(23)25)16-8-14(10-24-11-16)12-27-20-6-4-17(26-2)9-19(20)22/h3-11H,12H2,1-2H3,(H2,23,25). The van der Waals surface area contributed by atoms with E-state index in [9.17, 15) is 4.79 Å². The molecule has 3 rings (SSSR count). The molecule has 0 saturated heterocycles. The number of amides is 1. The lowest BCUT2D eigenvalue weighted by molar-refractivity contribution is 0.0999. The van der Waals surface area contributed by atoms with Gasteiger partial charge in [0.05, 0.1) is 12.1 Å². The number of aromatic nitrogens is 1. The van der Waals surface area contributed by atoms with Gasteiger partial charge in [-0.2, -0.15) is 0 Å². The Morgan fingerprint density at radius 1 is 1.11 bits per heavy atom. The zero-order valence-corrected chi connectivity index (χ0v) is 15.8. The topological polar surface area (TPSA) is 74.4 Å². The molecule has 1 heterocycles. The van der Waals surface area contributed by atoms with Crippen LogP contribution in [0.5, 0.6) is 11.5 Å². The number of methoxy groups -OCH3 is 1. The van der Waals surface area contributed by atoms with E-state index in [0.29, 0.717) is 28.7 Å². The van der Waals surface area contributed by atoms with Crippen LogP contribution in [0.3, 0.4) is 0 Å². The van der Waals surface area contributed by atoms with E-state index in [2.05, 4.69) is 4.98 Å². The first-order valence-electron chi connectivity index (χ1n) is 8.29. The van der Waals surface area contributed by atoms with Crippen LogP contribution in [0.15, 0.2) is 54.9 Å². The van der Waals surface area contributed by atoms with E-state index >= 15 is 0 Å². The molecule has 0 spiro atoms. The number of aryl methyl sites for hydroxylation is 1. The molecule has 0 fully saturated rings. The zero-order valence-electron chi connectivity index (χ0n) is 15.0. The molecule has 5 nitrogen and oxygen atoms in total. The predicted molar refractivity (Wildman–Crippen MR) is 105 cm³/mol. The van der Waals surface area contributed by atoms with Crippen molar-refractivity contribution < 1.29 is 14.3 Å². The minimum atomic E-state index is -0.435. The Hall–Kier alpha value is -3.05. The Balaban J connectivity index is 1.78. The van der Waals surface area contributed by atoms with Gasteiger partial charge < -0.3 is 15.2 Å². The molecule has 0 unspecified atom stereocenters. The number of hydrogen-bond donors (Lipinski definition) is 1. The Bertz CT molecular complexity index is 989. The summed E-state index contributed by atoms with van der Waals surface area (Å²) in [6.45, 7) is 2.18. The highest BCUT2D eigenvalue weighted by Crippen LogP contribution is 2.29. The van der Waals surface area contributed by atoms with Gasteiger partial charge in [-0.3, -0.25) is 9.78 Å². The Kier molecular flexibility index (Phi) is 5.62. The minimum absolute atomic E-state index is 0.325. The van der Waals surface area contributed by atoms with Gasteiger partial charge in [0.1, 0.15) is 18.1 Å². The molecule has 0 aliphatic heterocycles. The molecule has 1 amide bonds. The van der Waals surface area contributed by atoms with Crippen molar-refractivity contribution >= 4 is 17.5 Å². The lowest BCUT2D eigenvalue weighted by atomic mass is 10.00. The maximum Gasteiger partial charge on any atom is 0.248 e. The summed E-state index contributed by atoms with van der Waals surface area (Å²) in [5, 5.41) is 0.483. The lowest BCUT2D eigenvalue weighted by Crippen LogP contribution is -2.12. The molecule has 0 aliphatic carbocycles. The van der Waals surface area contributed by atoms with Crippen molar-refractivity contribution in [3.05, 3.63) is 76.6 Å². The van der Waals surface area contributed by atoms with Crippen LogP contribution >= 0.6 is 11.6 Å². The van der Waals surface area contributed by atoms with Crippen LogP contribution in [0.4, 0.5) is 0 Å². The normalized spacial score (nSPS) is 10.5. The van der Waals surface area contributed by atoms with Crippen LogP contribution in [0.25, 0.3) is 11.1 Å². The quantitative estimate of drug-likeness (QED) is 0.685. The van der Waals surface area contributed by atoms with Crippen LogP contribution < -0.4 is 15.2 Å². The summed E-state index contributed by atoms with van der Waals surface area (Å²) in [7, 11) is 1.58. The monoisotopic (exact) mass is 382 g/mol. The highest BCUT2D eigenvalue weighted by atomic mass is 35.5. The molecule has 2 aromatic carbocycles. The van der Waals surface area contributed by atoms with Crippen molar-refractivity contribution in [2.75, 3.05) is 7.11 Å². The fourth-order valence-electron chi connectivity index (χ4n) is 2.73. The smallest absolute Gasteiger partial charge is 0.248 e. The number of carbonyl (C=O) groups excluding carboxylic acids is 1. The van der Waals surface area contributed by atoms with Crippen molar-refractivity contribution in [1.82, 2.24) is 4.98 Å². The van der Waals surface area contributed by atoms with Crippen molar-refractivity contribution in [3.8, 4) is 22.6 Å². The molecule has 27 heavy (non-hydrogen) atoms. The maximum absolute atomic E-state index is 11.4. The van der Waals surface area contributed by atoms with Crippen molar-refractivity contribution in [2.24, 2.45) is 5.73 Å². The minimum Gasteiger partial charge on any atom is -0.497 e. The van der Waals surface area contributed by atoms with E-state index in [1.165, 1.54) is 0 Å². The molecule has 2 N–H and O–H groups in total. The number of pyridine rings is 1. The van der Waals surface area contributed by atoms with Gasteiger partial charge in [0.15, 0.2) is 0 Å². The van der Waals surface area contributed by atoms with E-state index < -0.39 is 5.91 Å². The van der Waals surface area contributed by atoms with Gasteiger partial charge in [-0.1, -0.05) is 23.7 Å². The average Bonchev–Trinajstić information content (AvgIpc) is 2.66. The van der Waals surface area contributed by atoms with E-state index in [1.54, 1.807) is 43.8 Å². The number of primary amides is 1. The molecule has 1 aromatic heterocycles. The van der Waals surface area contributed by atoms with Gasteiger partial charge in [0.2, 0.25) is 5.91 Å². The first-order chi connectivity index (χ1) is 13.0. The number of ether oxygens (including phenoxy) is 2. The second kappa shape index (κ2) is 8.10.